The predicted molar refractivity (Wildman–Crippen MR) is 117 cm³/mol. The van der Waals surface area contributed by atoms with Gasteiger partial charge in [-0.2, -0.15) is 0 Å². The van der Waals surface area contributed by atoms with Crippen LogP contribution in [0.25, 0.3) is 0 Å². The van der Waals surface area contributed by atoms with Crippen LogP contribution in [0.5, 0.6) is 0 Å². The highest BCUT2D eigenvalue weighted by molar-refractivity contribution is 7.89. The van der Waals surface area contributed by atoms with E-state index in [-0.39, 0.29) is 11.3 Å². The second-order valence-electron chi connectivity index (χ2n) is 8.26. The fraction of sp³-hybridized carbons (Fsp3) is 0.950. The van der Waals surface area contributed by atoms with E-state index in [9.17, 15) is 8.42 Å². The maximum Gasteiger partial charge on any atom is 0.213 e. The van der Waals surface area contributed by atoms with E-state index in [1.165, 1.54) is 68.8 Å². The Hall–Kier alpha value is -0.860. The normalized spacial score (nSPS) is 21.6. The fourth-order valence-corrected chi connectivity index (χ4v) is 5.37. The Bertz CT molecular complexity index is 581. The van der Waals surface area contributed by atoms with Crippen molar-refractivity contribution in [2.45, 2.75) is 70.3 Å². The molecule has 164 valence electrons. The molecule has 0 unspecified atom stereocenters. The highest BCUT2D eigenvalue weighted by Gasteiger charge is 2.38. The van der Waals surface area contributed by atoms with Crippen LogP contribution in [0.2, 0.25) is 0 Å². The minimum atomic E-state index is -3.10. The third-order valence-electron chi connectivity index (χ3n) is 6.40. The molecule has 0 radical (unpaired) electrons. The van der Waals surface area contributed by atoms with Crippen LogP contribution in [0.4, 0.5) is 0 Å². The molecule has 1 aliphatic carbocycles. The lowest BCUT2D eigenvalue weighted by Gasteiger charge is -2.48. The van der Waals surface area contributed by atoms with E-state index in [1.807, 2.05) is 0 Å². The molecule has 0 bridgehead atoms. The smallest absolute Gasteiger partial charge is 0.213 e. The molecule has 8 heteroatoms. The van der Waals surface area contributed by atoms with Crippen LogP contribution in [0, 0.1) is 0 Å². The molecule has 0 aromatic heterocycles. The monoisotopic (exact) mass is 415 g/mol. The molecule has 1 aliphatic heterocycles. The summed E-state index contributed by atoms with van der Waals surface area (Å²) in [6.45, 7) is 6.31. The first kappa shape index (κ1) is 23.4. The second kappa shape index (κ2) is 11.4. The molecule has 2 rings (SSSR count). The second-order valence-corrected chi connectivity index (χ2v) is 10.6. The summed E-state index contributed by atoms with van der Waals surface area (Å²) in [5.41, 5.74) is 0.270. The van der Waals surface area contributed by atoms with Gasteiger partial charge in [-0.15, -0.1) is 0 Å². The number of nitrogens with one attached hydrogen (secondary N) is 2. The summed E-state index contributed by atoms with van der Waals surface area (Å²) in [7, 11) is 0.358. The number of nitrogens with zero attached hydrogens (tertiary/aromatic N) is 3. The highest BCUT2D eigenvalue weighted by Crippen LogP contribution is 2.35. The Labute approximate surface area is 172 Å². The molecule has 2 N–H and O–H groups in total. The minimum absolute atomic E-state index is 0.152. The van der Waals surface area contributed by atoms with Crippen LogP contribution in [-0.2, 0) is 10.0 Å². The van der Waals surface area contributed by atoms with Crippen LogP contribution in [0.3, 0.4) is 0 Å². The zero-order valence-corrected chi connectivity index (χ0v) is 19.0. The first-order chi connectivity index (χ1) is 13.4. The molecule has 1 heterocycles. The largest absolute Gasteiger partial charge is 0.356 e. The Morgan fingerprint density at radius 2 is 1.71 bits per heavy atom. The molecule has 0 spiro atoms. The van der Waals surface area contributed by atoms with Crippen molar-refractivity contribution in [1.82, 2.24) is 19.8 Å². The Morgan fingerprint density at radius 3 is 2.32 bits per heavy atom. The van der Waals surface area contributed by atoms with E-state index in [2.05, 4.69) is 20.5 Å². The molecule has 7 nitrogen and oxygen atoms in total. The summed E-state index contributed by atoms with van der Waals surface area (Å²) in [6, 6.07) is 0. The van der Waals surface area contributed by atoms with Gasteiger partial charge in [-0.3, -0.25) is 9.89 Å². The quantitative estimate of drug-likeness (QED) is 0.342. The summed E-state index contributed by atoms with van der Waals surface area (Å²) in [5.74, 6) is 0.974. The number of piperidine rings is 1. The van der Waals surface area contributed by atoms with E-state index in [0.717, 1.165) is 18.9 Å². The third kappa shape index (κ3) is 6.59. The van der Waals surface area contributed by atoms with Crippen molar-refractivity contribution < 1.29 is 8.42 Å². The van der Waals surface area contributed by atoms with Crippen LogP contribution in [0.1, 0.15) is 64.7 Å². The van der Waals surface area contributed by atoms with Crippen molar-refractivity contribution >= 4 is 16.0 Å². The van der Waals surface area contributed by atoms with Gasteiger partial charge < -0.3 is 10.6 Å². The van der Waals surface area contributed by atoms with E-state index < -0.39 is 10.0 Å². The van der Waals surface area contributed by atoms with E-state index in [1.54, 1.807) is 21.0 Å². The van der Waals surface area contributed by atoms with Crippen molar-refractivity contribution in [1.29, 1.82) is 0 Å². The van der Waals surface area contributed by atoms with Crippen LogP contribution in [0.15, 0.2) is 4.99 Å². The van der Waals surface area contributed by atoms with Gasteiger partial charge in [-0.25, -0.2) is 12.7 Å². The van der Waals surface area contributed by atoms with Gasteiger partial charge in [0.1, 0.15) is 0 Å². The van der Waals surface area contributed by atoms with Gasteiger partial charge in [0.15, 0.2) is 5.96 Å². The molecular weight excluding hydrogens is 374 g/mol. The summed E-state index contributed by atoms with van der Waals surface area (Å²) in [5, 5.41) is 6.93. The minimum Gasteiger partial charge on any atom is -0.356 e. The Balaban J connectivity index is 1.80. The molecular formula is C20H41N5O2S. The molecule has 1 saturated carbocycles. The van der Waals surface area contributed by atoms with Gasteiger partial charge in [0.05, 0.1) is 5.75 Å². The summed E-state index contributed by atoms with van der Waals surface area (Å²) in [4.78, 5) is 7.11. The van der Waals surface area contributed by atoms with Crippen molar-refractivity contribution in [3.63, 3.8) is 0 Å². The highest BCUT2D eigenvalue weighted by atomic mass is 32.2. The summed E-state index contributed by atoms with van der Waals surface area (Å²) < 4.78 is 25.1. The summed E-state index contributed by atoms with van der Waals surface area (Å²) >= 11 is 0. The van der Waals surface area contributed by atoms with Crippen molar-refractivity contribution in [2.75, 3.05) is 52.6 Å². The summed E-state index contributed by atoms with van der Waals surface area (Å²) in [6.07, 6.45) is 11.3. The van der Waals surface area contributed by atoms with Gasteiger partial charge in [-0.05, 0) is 52.1 Å². The van der Waals surface area contributed by atoms with Gasteiger partial charge in [-0.1, -0.05) is 25.7 Å². The lowest BCUT2D eigenvalue weighted by atomic mass is 9.79. The molecule has 0 aromatic rings. The van der Waals surface area contributed by atoms with Gasteiger partial charge in [0.2, 0.25) is 10.0 Å². The number of likely N-dealkylation sites (tertiary alicyclic amines) is 1. The van der Waals surface area contributed by atoms with E-state index in [0.29, 0.717) is 13.1 Å². The first-order valence-electron chi connectivity index (χ1n) is 11.1. The topological polar surface area (TPSA) is 77.0 Å². The van der Waals surface area contributed by atoms with E-state index >= 15 is 0 Å². The Morgan fingerprint density at radius 1 is 1.07 bits per heavy atom. The zero-order valence-electron chi connectivity index (χ0n) is 18.2. The maximum atomic E-state index is 11.8. The van der Waals surface area contributed by atoms with Crippen LogP contribution >= 0.6 is 0 Å². The number of guanidine groups is 1. The molecule has 0 aromatic carbocycles. The maximum absolute atomic E-state index is 11.8. The lowest BCUT2D eigenvalue weighted by Crippen LogP contribution is -2.59. The molecule has 0 atom stereocenters. The van der Waals surface area contributed by atoms with E-state index in [4.69, 9.17) is 0 Å². The number of hydrogen-bond donors (Lipinski definition) is 2. The van der Waals surface area contributed by atoms with Gasteiger partial charge in [0, 0.05) is 39.3 Å². The van der Waals surface area contributed by atoms with Gasteiger partial charge in [0.25, 0.3) is 0 Å². The SMILES string of the molecule is CCS(=O)(=O)N(C)CCCNC(=NC)NCC1(N2CCCCC2)CCCCC1. The molecule has 0 amide bonds. The molecule has 2 aliphatic rings. The van der Waals surface area contributed by atoms with Crippen LogP contribution in [-0.4, -0.2) is 81.7 Å². The average Bonchev–Trinajstić information content (AvgIpc) is 2.74. The Kier molecular flexibility index (Phi) is 9.50. The molecule has 1 saturated heterocycles. The lowest BCUT2D eigenvalue weighted by molar-refractivity contribution is 0.0368. The standard InChI is InChI=1S/C20H41N5O2S/c1-4-28(26,27)24(3)15-11-14-22-19(21-2)23-18-20(12-7-5-8-13-20)25-16-9-6-10-17-25/h4-18H2,1-3H3,(H2,21,22,23). The predicted octanol–water partition coefficient (Wildman–Crippen LogP) is 2.01. The van der Waals surface area contributed by atoms with Crippen LogP contribution < -0.4 is 10.6 Å². The molecule has 2 fully saturated rings. The number of aliphatic imine (C=N–C) groups is 1. The fourth-order valence-electron chi connectivity index (χ4n) is 4.52. The van der Waals surface area contributed by atoms with Crippen molar-refractivity contribution in [3.8, 4) is 0 Å². The number of rotatable bonds is 9. The third-order valence-corrected chi connectivity index (χ3v) is 8.26. The van der Waals surface area contributed by atoms with Crippen molar-refractivity contribution in [2.24, 2.45) is 4.99 Å². The van der Waals surface area contributed by atoms with Gasteiger partial charge >= 0.3 is 0 Å². The average molecular weight is 416 g/mol. The number of hydrogen-bond acceptors (Lipinski definition) is 4. The molecule has 28 heavy (non-hydrogen) atoms. The first-order valence-corrected chi connectivity index (χ1v) is 12.7. The number of sulfonamides is 1. The zero-order chi connectivity index (χ0) is 20.5. The van der Waals surface area contributed by atoms with Crippen molar-refractivity contribution in [3.05, 3.63) is 0 Å².